The maximum Gasteiger partial charge on any atom is 0.340 e. The van der Waals surface area contributed by atoms with Gasteiger partial charge >= 0.3 is 5.63 Å². The van der Waals surface area contributed by atoms with E-state index < -0.39 is 17.3 Å². The van der Waals surface area contributed by atoms with Gasteiger partial charge < -0.3 is 13.9 Å². The van der Waals surface area contributed by atoms with E-state index in [4.69, 9.17) is 9.15 Å². The Bertz CT molecular complexity index is 1370. The van der Waals surface area contributed by atoms with Crippen molar-refractivity contribution in [3.8, 4) is 11.6 Å². The Balaban J connectivity index is 1.65. The Labute approximate surface area is 193 Å². The molecule has 5 nitrogen and oxygen atoms in total. The van der Waals surface area contributed by atoms with Crippen molar-refractivity contribution >= 4 is 28.6 Å². The van der Waals surface area contributed by atoms with Crippen LogP contribution < -0.4 is 15.1 Å². The lowest BCUT2D eigenvalue weighted by Crippen LogP contribution is -2.12. The first-order chi connectivity index (χ1) is 15.8. The summed E-state index contributed by atoms with van der Waals surface area (Å²) in [5, 5.41) is 0.967. The number of anilines is 1. The Morgan fingerprint density at radius 1 is 1.15 bits per heavy atom. The number of halogens is 2. The molecule has 0 fully saturated rings. The summed E-state index contributed by atoms with van der Waals surface area (Å²) < 4.78 is 42.9. The third-order valence-corrected chi connectivity index (χ3v) is 5.86. The zero-order valence-corrected chi connectivity index (χ0v) is 19.1. The quantitative estimate of drug-likeness (QED) is 0.243. The lowest BCUT2D eigenvalue weighted by molar-refractivity contribution is 0.422. The minimum Gasteiger partial charge on any atom is -0.436 e. The first kappa shape index (κ1) is 22.8. The van der Waals surface area contributed by atoms with Gasteiger partial charge in [-0.15, -0.1) is 0 Å². The fraction of sp³-hybridized carbons (Fsp3) is 0.200. The monoisotopic (exact) mass is 468 g/mol. The molecule has 1 N–H and O–H groups in total. The number of nitrogens with zero attached hydrogens (tertiary/aromatic N) is 1. The molecule has 0 aliphatic rings. The zero-order valence-electron chi connectivity index (χ0n) is 18.3. The number of aromatic nitrogens is 1. The average Bonchev–Trinajstić information content (AvgIpc) is 2.78. The van der Waals surface area contributed by atoms with E-state index in [1.54, 1.807) is 37.3 Å². The second-order valence-corrected chi connectivity index (χ2v) is 9.15. The van der Waals surface area contributed by atoms with Crippen LogP contribution in [0.15, 0.2) is 63.9 Å². The molecule has 0 bridgehead atoms. The van der Waals surface area contributed by atoms with Gasteiger partial charge in [-0.05, 0) is 60.3 Å². The number of pyridine rings is 1. The van der Waals surface area contributed by atoms with Gasteiger partial charge in [0.05, 0.1) is 5.69 Å². The van der Waals surface area contributed by atoms with E-state index in [1.165, 1.54) is 36.3 Å². The van der Waals surface area contributed by atoms with E-state index in [0.29, 0.717) is 33.3 Å². The molecule has 4 aromatic rings. The molecule has 0 aliphatic carbocycles. The molecule has 0 amide bonds. The largest absolute Gasteiger partial charge is 0.436 e. The van der Waals surface area contributed by atoms with E-state index in [2.05, 4.69) is 9.71 Å². The van der Waals surface area contributed by atoms with Crippen LogP contribution in [0.5, 0.6) is 11.6 Å². The van der Waals surface area contributed by atoms with Gasteiger partial charge in [-0.2, -0.15) is 0 Å². The molecule has 0 unspecified atom stereocenters. The van der Waals surface area contributed by atoms with Crippen molar-refractivity contribution in [3.63, 3.8) is 0 Å². The van der Waals surface area contributed by atoms with Crippen molar-refractivity contribution in [2.75, 3.05) is 4.72 Å². The molecule has 4 rings (SSSR count). The topological polar surface area (TPSA) is 64.4 Å². The van der Waals surface area contributed by atoms with Gasteiger partial charge in [-0.1, -0.05) is 26.0 Å². The smallest absolute Gasteiger partial charge is 0.340 e. The standard InChI is InChI=1S/C25H22F2N2O3S/c1-14(2)33-29-21-8-4-6-16(23(21)27)12-19-15(3)18-10-9-17(13-22(18)32-25(19)30)31-24-20(26)7-5-11-28-24/h4-11,13-14,29H,12H2,1-3H3. The second-order valence-electron chi connectivity index (χ2n) is 7.77. The highest BCUT2D eigenvalue weighted by molar-refractivity contribution is 8.01. The van der Waals surface area contributed by atoms with E-state index in [1.807, 2.05) is 13.8 Å². The van der Waals surface area contributed by atoms with E-state index in [9.17, 15) is 9.18 Å². The maximum atomic E-state index is 15.0. The predicted molar refractivity (Wildman–Crippen MR) is 127 cm³/mol. The van der Waals surface area contributed by atoms with E-state index in [0.717, 1.165) is 0 Å². The molecule has 0 saturated heterocycles. The molecule has 2 aromatic heterocycles. The molecule has 170 valence electrons. The highest BCUT2D eigenvalue weighted by Gasteiger charge is 2.17. The van der Waals surface area contributed by atoms with E-state index in [-0.39, 0.29) is 23.3 Å². The summed E-state index contributed by atoms with van der Waals surface area (Å²) in [4.78, 5) is 16.6. The highest BCUT2D eigenvalue weighted by atomic mass is 32.2. The van der Waals surface area contributed by atoms with Crippen LogP contribution in [0.25, 0.3) is 11.0 Å². The molecule has 0 spiro atoms. The van der Waals surface area contributed by atoms with Crippen LogP contribution in [0.1, 0.15) is 30.5 Å². The van der Waals surface area contributed by atoms with Crippen LogP contribution in [-0.2, 0) is 6.42 Å². The summed E-state index contributed by atoms with van der Waals surface area (Å²) in [7, 11) is 0. The molecule has 0 atom stereocenters. The third kappa shape index (κ3) is 5.01. The van der Waals surface area contributed by atoms with Crippen LogP contribution >= 0.6 is 11.9 Å². The van der Waals surface area contributed by atoms with Crippen LogP contribution in [-0.4, -0.2) is 10.2 Å². The molecule has 33 heavy (non-hydrogen) atoms. The number of benzene rings is 2. The molecule has 0 radical (unpaired) electrons. The summed E-state index contributed by atoms with van der Waals surface area (Å²) in [6, 6.07) is 12.6. The number of nitrogens with one attached hydrogen (secondary N) is 1. The normalized spacial score (nSPS) is 11.2. The predicted octanol–water partition coefficient (Wildman–Crippen LogP) is 6.63. The van der Waals surface area contributed by atoms with Gasteiger partial charge in [-0.25, -0.2) is 18.6 Å². The van der Waals surface area contributed by atoms with Gasteiger partial charge in [0.2, 0.25) is 0 Å². The molecule has 0 saturated carbocycles. The fourth-order valence-corrected chi connectivity index (χ4v) is 3.89. The van der Waals surface area contributed by atoms with Crippen LogP contribution in [0.3, 0.4) is 0 Å². The minimum atomic E-state index is -0.601. The van der Waals surface area contributed by atoms with Crippen molar-refractivity contribution in [3.05, 3.63) is 93.5 Å². The molecular weight excluding hydrogens is 446 g/mol. The molecule has 8 heteroatoms. The SMILES string of the molecule is Cc1c(Cc2cccc(NSC(C)C)c2F)c(=O)oc2cc(Oc3ncccc3F)ccc12. The lowest BCUT2D eigenvalue weighted by atomic mass is 9.99. The number of aryl methyl sites for hydroxylation is 1. The molecule has 2 aromatic carbocycles. The Kier molecular flexibility index (Phi) is 6.65. The van der Waals surface area contributed by atoms with E-state index >= 15 is 4.39 Å². The van der Waals surface area contributed by atoms with Crippen LogP contribution in [0.4, 0.5) is 14.5 Å². The summed E-state index contributed by atoms with van der Waals surface area (Å²) in [5.41, 5.74) is 1.56. The third-order valence-electron chi connectivity index (χ3n) is 5.05. The van der Waals surface area contributed by atoms with Crippen molar-refractivity contribution in [1.29, 1.82) is 0 Å². The molecule has 2 heterocycles. The van der Waals surface area contributed by atoms with Gasteiger partial charge in [0.1, 0.15) is 11.3 Å². The first-order valence-electron chi connectivity index (χ1n) is 10.4. The lowest BCUT2D eigenvalue weighted by Gasteiger charge is -2.13. The fourth-order valence-electron chi connectivity index (χ4n) is 3.37. The molecular formula is C25H22F2N2O3S. The number of fused-ring (bicyclic) bond motifs is 1. The zero-order chi connectivity index (χ0) is 23.5. The minimum absolute atomic E-state index is 0.0925. The second kappa shape index (κ2) is 9.62. The van der Waals surface area contributed by atoms with Crippen LogP contribution in [0.2, 0.25) is 0 Å². The number of hydrogen-bond donors (Lipinski definition) is 1. The van der Waals surface area contributed by atoms with Gasteiger partial charge in [0, 0.05) is 34.9 Å². The Morgan fingerprint density at radius 2 is 1.97 bits per heavy atom. The number of hydrogen-bond acceptors (Lipinski definition) is 6. The summed E-state index contributed by atoms with van der Waals surface area (Å²) in [6.07, 6.45) is 1.51. The Hall–Kier alpha value is -3.39. The average molecular weight is 469 g/mol. The van der Waals surface area contributed by atoms with Crippen molar-refractivity contribution in [2.24, 2.45) is 0 Å². The maximum absolute atomic E-state index is 15.0. The van der Waals surface area contributed by atoms with Crippen molar-refractivity contribution < 1.29 is 17.9 Å². The molecule has 0 aliphatic heterocycles. The highest BCUT2D eigenvalue weighted by Crippen LogP contribution is 2.29. The van der Waals surface area contributed by atoms with Crippen LogP contribution in [0, 0.1) is 18.6 Å². The summed E-state index contributed by atoms with van der Waals surface area (Å²) >= 11 is 1.41. The Morgan fingerprint density at radius 3 is 2.73 bits per heavy atom. The summed E-state index contributed by atoms with van der Waals surface area (Å²) in [5.74, 6) is -0.892. The van der Waals surface area contributed by atoms with Crippen molar-refractivity contribution in [2.45, 2.75) is 32.4 Å². The first-order valence-corrected chi connectivity index (χ1v) is 11.2. The van der Waals surface area contributed by atoms with Gasteiger partial charge in [0.25, 0.3) is 5.88 Å². The summed E-state index contributed by atoms with van der Waals surface area (Å²) in [6.45, 7) is 5.81. The number of ether oxygens (including phenoxy) is 1. The van der Waals surface area contributed by atoms with Gasteiger partial charge in [-0.3, -0.25) is 0 Å². The number of rotatable bonds is 7. The van der Waals surface area contributed by atoms with Crippen molar-refractivity contribution in [1.82, 2.24) is 4.98 Å². The van der Waals surface area contributed by atoms with Gasteiger partial charge in [0.15, 0.2) is 11.6 Å².